The molecule has 4 rings (SSSR count). The van der Waals surface area contributed by atoms with Gasteiger partial charge in [-0.05, 0) is 66.8 Å². The number of sulfonamides is 1. The predicted molar refractivity (Wildman–Crippen MR) is 92.7 cm³/mol. The zero-order valence-corrected chi connectivity index (χ0v) is 14.2. The fourth-order valence-corrected chi connectivity index (χ4v) is 5.97. The molecular weight excluding hydrogens is 306 g/mol. The summed E-state index contributed by atoms with van der Waals surface area (Å²) in [5.74, 6) is 2.05. The van der Waals surface area contributed by atoms with E-state index in [0.717, 1.165) is 16.7 Å². The zero-order valence-electron chi connectivity index (χ0n) is 13.4. The molecule has 2 saturated carbocycles. The number of hydrogen-bond donors (Lipinski definition) is 1. The number of rotatable bonds is 4. The molecule has 3 nitrogen and oxygen atoms in total. The molecule has 2 aromatic carbocycles. The number of fused-ring (bicyclic) bond motifs is 3. The quantitative estimate of drug-likeness (QED) is 0.923. The molecule has 0 aliphatic heterocycles. The molecule has 0 aromatic heterocycles. The first-order valence-electron chi connectivity index (χ1n) is 8.54. The van der Waals surface area contributed by atoms with E-state index < -0.39 is 10.0 Å². The van der Waals surface area contributed by atoms with Gasteiger partial charge < -0.3 is 0 Å². The molecule has 2 aliphatic rings. The normalized spacial score (nSPS) is 28.3. The van der Waals surface area contributed by atoms with Crippen LogP contribution >= 0.6 is 0 Å². The average molecular weight is 329 g/mol. The van der Waals surface area contributed by atoms with Crippen LogP contribution in [0.3, 0.4) is 0 Å². The largest absolute Gasteiger partial charge is 0.240 e. The smallest absolute Gasteiger partial charge is 0.208 e. The van der Waals surface area contributed by atoms with Crippen LogP contribution in [0.15, 0.2) is 47.4 Å². The van der Waals surface area contributed by atoms with Crippen molar-refractivity contribution in [2.24, 2.45) is 17.8 Å². The van der Waals surface area contributed by atoms with E-state index in [-0.39, 0.29) is 6.04 Å². The molecule has 2 bridgehead atoms. The summed E-state index contributed by atoms with van der Waals surface area (Å²) in [7, 11) is -3.46. The lowest BCUT2D eigenvalue weighted by Crippen LogP contribution is -2.40. The van der Waals surface area contributed by atoms with E-state index in [1.807, 2.05) is 37.3 Å². The Hall–Kier alpha value is -1.39. The van der Waals surface area contributed by atoms with E-state index in [1.54, 1.807) is 12.1 Å². The zero-order chi connectivity index (χ0) is 16.0. The number of hydrogen-bond acceptors (Lipinski definition) is 2. The van der Waals surface area contributed by atoms with Gasteiger partial charge in [0.05, 0.1) is 4.90 Å². The van der Waals surface area contributed by atoms with Crippen molar-refractivity contribution in [3.63, 3.8) is 0 Å². The minimum Gasteiger partial charge on any atom is -0.208 e. The molecule has 2 fully saturated rings. The van der Waals surface area contributed by atoms with E-state index in [9.17, 15) is 8.42 Å². The Labute approximate surface area is 138 Å². The van der Waals surface area contributed by atoms with Crippen LogP contribution in [-0.4, -0.2) is 14.5 Å². The van der Waals surface area contributed by atoms with Crippen molar-refractivity contribution >= 4 is 20.8 Å². The summed E-state index contributed by atoms with van der Waals surface area (Å²) in [6.07, 6.45) is 5.10. The Morgan fingerprint density at radius 2 is 1.83 bits per heavy atom. The van der Waals surface area contributed by atoms with Crippen LogP contribution in [0.4, 0.5) is 0 Å². The molecule has 0 amide bonds. The van der Waals surface area contributed by atoms with E-state index >= 15 is 0 Å². The van der Waals surface area contributed by atoms with Crippen LogP contribution in [0, 0.1) is 17.8 Å². The third kappa shape index (κ3) is 2.79. The van der Waals surface area contributed by atoms with Crippen molar-refractivity contribution in [1.29, 1.82) is 0 Å². The van der Waals surface area contributed by atoms with Gasteiger partial charge in [-0.15, -0.1) is 0 Å². The number of benzene rings is 2. The minimum absolute atomic E-state index is 0.0155. The van der Waals surface area contributed by atoms with Gasteiger partial charge in [0.15, 0.2) is 0 Å². The van der Waals surface area contributed by atoms with Gasteiger partial charge >= 0.3 is 0 Å². The van der Waals surface area contributed by atoms with Gasteiger partial charge in [-0.25, -0.2) is 13.1 Å². The van der Waals surface area contributed by atoms with Gasteiger partial charge in [-0.3, -0.25) is 0 Å². The topological polar surface area (TPSA) is 46.2 Å². The van der Waals surface area contributed by atoms with Crippen LogP contribution in [-0.2, 0) is 10.0 Å². The molecule has 4 atom stereocenters. The minimum atomic E-state index is -3.46. The van der Waals surface area contributed by atoms with Crippen molar-refractivity contribution < 1.29 is 8.42 Å². The van der Waals surface area contributed by atoms with E-state index in [1.165, 1.54) is 25.7 Å². The van der Waals surface area contributed by atoms with Gasteiger partial charge in [0, 0.05) is 6.04 Å². The maximum absolute atomic E-state index is 12.7. The van der Waals surface area contributed by atoms with Crippen molar-refractivity contribution in [3.05, 3.63) is 42.5 Å². The van der Waals surface area contributed by atoms with Crippen LogP contribution < -0.4 is 4.72 Å². The second-order valence-electron chi connectivity index (χ2n) is 7.26. The van der Waals surface area contributed by atoms with Gasteiger partial charge in [-0.1, -0.05) is 36.8 Å². The molecule has 2 aromatic rings. The highest BCUT2D eigenvalue weighted by Crippen LogP contribution is 2.49. The highest BCUT2D eigenvalue weighted by atomic mass is 32.2. The molecule has 0 radical (unpaired) electrons. The van der Waals surface area contributed by atoms with Gasteiger partial charge in [0.2, 0.25) is 10.0 Å². The van der Waals surface area contributed by atoms with Crippen molar-refractivity contribution in [1.82, 2.24) is 4.72 Å². The van der Waals surface area contributed by atoms with Crippen molar-refractivity contribution in [3.8, 4) is 0 Å². The van der Waals surface area contributed by atoms with Gasteiger partial charge in [0.25, 0.3) is 0 Å². The highest BCUT2D eigenvalue weighted by molar-refractivity contribution is 7.89. The molecule has 0 heterocycles. The Kier molecular flexibility index (Phi) is 3.69. The molecule has 0 spiro atoms. The summed E-state index contributed by atoms with van der Waals surface area (Å²) in [4.78, 5) is 0.367. The Balaban J connectivity index is 1.56. The Bertz CT molecular complexity index is 830. The SMILES string of the molecule is C[C@@H](NS(=O)(=O)c1ccc2ccccc2c1)[C@H]1C[C@H]2CC[C@H]1C2. The Morgan fingerprint density at radius 3 is 2.52 bits per heavy atom. The maximum Gasteiger partial charge on any atom is 0.240 e. The molecule has 1 N–H and O–H groups in total. The molecule has 2 aliphatic carbocycles. The van der Waals surface area contributed by atoms with E-state index in [4.69, 9.17) is 0 Å². The van der Waals surface area contributed by atoms with Gasteiger partial charge in [0.1, 0.15) is 0 Å². The van der Waals surface area contributed by atoms with E-state index in [0.29, 0.717) is 16.7 Å². The van der Waals surface area contributed by atoms with Gasteiger partial charge in [-0.2, -0.15) is 0 Å². The van der Waals surface area contributed by atoms with Crippen molar-refractivity contribution in [2.45, 2.75) is 43.5 Å². The van der Waals surface area contributed by atoms with Crippen LogP contribution in [0.25, 0.3) is 10.8 Å². The molecule has 4 heteroatoms. The predicted octanol–water partition coefficient (Wildman–Crippen LogP) is 3.94. The summed E-state index contributed by atoms with van der Waals surface area (Å²) in [5, 5.41) is 2.02. The summed E-state index contributed by atoms with van der Waals surface area (Å²) in [6, 6.07) is 13.2. The second-order valence-corrected chi connectivity index (χ2v) is 8.97. The molecule has 122 valence electrons. The first kappa shape index (κ1) is 15.2. The highest BCUT2D eigenvalue weighted by Gasteiger charge is 2.42. The summed E-state index contributed by atoms with van der Waals surface area (Å²) >= 11 is 0. The maximum atomic E-state index is 12.7. The van der Waals surface area contributed by atoms with E-state index in [2.05, 4.69) is 4.72 Å². The fourth-order valence-electron chi connectivity index (χ4n) is 4.64. The van der Waals surface area contributed by atoms with Crippen LogP contribution in [0.1, 0.15) is 32.6 Å². The first-order valence-corrected chi connectivity index (χ1v) is 10.0. The Morgan fingerprint density at radius 1 is 1.04 bits per heavy atom. The molecule has 23 heavy (non-hydrogen) atoms. The fraction of sp³-hybridized carbons (Fsp3) is 0.474. The first-order chi connectivity index (χ1) is 11.0. The molecule has 0 saturated heterocycles. The molecule has 0 unspecified atom stereocenters. The lowest BCUT2D eigenvalue weighted by molar-refractivity contribution is 0.280. The summed E-state index contributed by atoms with van der Waals surface area (Å²) in [5.41, 5.74) is 0. The van der Waals surface area contributed by atoms with Crippen molar-refractivity contribution in [2.75, 3.05) is 0 Å². The number of nitrogens with one attached hydrogen (secondary N) is 1. The monoisotopic (exact) mass is 329 g/mol. The lowest BCUT2D eigenvalue weighted by Gasteiger charge is -2.28. The lowest BCUT2D eigenvalue weighted by atomic mass is 9.84. The third-order valence-electron chi connectivity index (χ3n) is 5.81. The summed E-state index contributed by atoms with van der Waals surface area (Å²) < 4.78 is 28.4. The van der Waals surface area contributed by atoms with Crippen LogP contribution in [0.5, 0.6) is 0 Å². The second kappa shape index (κ2) is 5.60. The third-order valence-corrected chi connectivity index (χ3v) is 7.36. The average Bonchev–Trinajstić information content (AvgIpc) is 3.17. The van der Waals surface area contributed by atoms with Crippen LogP contribution in [0.2, 0.25) is 0 Å². The molecular formula is C19H23NO2S. The standard InChI is InChI=1S/C19H23NO2S/c1-13(19-11-14-6-7-17(19)10-14)20-23(21,22)18-9-8-15-4-2-3-5-16(15)12-18/h2-5,8-9,12-14,17,19-20H,6-7,10-11H2,1H3/t13-,14+,17+,19-/m1/s1. The summed E-state index contributed by atoms with van der Waals surface area (Å²) in [6.45, 7) is 2.03.